The van der Waals surface area contributed by atoms with E-state index in [0.29, 0.717) is 24.4 Å². The fourth-order valence-corrected chi connectivity index (χ4v) is 3.44. The normalized spacial score (nSPS) is 42.5. The van der Waals surface area contributed by atoms with E-state index in [0.717, 1.165) is 13.0 Å². The third kappa shape index (κ3) is 2.67. The van der Waals surface area contributed by atoms with Gasteiger partial charge in [0.15, 0.2) is 18.5 Å². The van der Waals surface area contributed by atoms with Crippen LogP contribution in [0.2, 0.25) is 0 Å². The molecule has 0 radical (unpaired) electrons. The average Bonchev–Trinajstić information content (AvgIpc) is 2.61. The van der Waals surface area contributed by atoms with Crippen molar-refractivity contribution in [3.8, 4) is 0 Å². The molecule has 100 valence electrons. The zero-order valence-corrected chi connectivity index (χ0v) is 11.6. The summed E-state index contributed by atoms with van der Waals surface area (Å²) < 4.78 is 16.5. The molecule has 1 saturated carbocycles. The van der Waals surface area contributed by atoms with Crippen LogP contribution < -0.4 is 0 Å². The molecule has 3 unspecified atom stereocenters. The van der Waals surface area contributed by atoms with Gasteiger partial charge >= 0.3 is 0 Å². The molecule has 4 atom stereocenters. The summed E-state index contributed by atoms with van der Waals surface area (Å²) in [6.07, 6.45) is 3.76. The van der Waals surface area contributed by atoms with Crippen molar-refractivity contribution in [2.75, 3.05) is 20.3 Å². The fourth-order valence-electron chi connectivity index (χ4n) is 3.44. The van der Waals surface area contributed by atoms with Crippen molar-refractivity contribution < 1.29 is 14.2 Å². The number of aliphatic hydroxyl groups is 2. The van der Waals surface area contributed by atoms with Crippen LogP contribution in [0.15, 0.2) is 0 Å². The van der Waals surface area contributed by atoms with E-state index < -0.39 is 0 Å². The molecule has 1 heterocycles. The molecule has 17 heavy (non-hydrogen) atoms. The van der Waals surface area contributed by atoms with E-state index in [2.05, 4.69) is 25.5 Å². The first-order chi connectivity index (χ1) is 8.07. The Labute approximate surface area is 105 Å². The van der Waals surface area contributed by atoms with Crippen LogP contribution in [-0.2, 0) is 9.47 Å². The number of rotatable bonds is 3. The molecule has 2 rings (SSSR count). The number of ether oxygens (including phenoxy) is 3. The molecule has 2 fully saturated rings. The minimum absolute atomic E-state index is 0.173. The summed E-state index contributed by atoms with van der Waals surface area (Å²) in [5, 5.41) is 0. The van der Waals surface area contributed by atoms with Gasteiger partial charge in [-0.3, -0.25) is 0 Å². The Bertz CT molecular complexity index is 254. The van der Waals surface area contributed by atoms with Crippen molar-refractivity contribution in [2.45, 2.75) is 51.9 Å². The average molecular weight is 243 g/mol. The van der Waals surface area contributed by atoms with Crippen LogP contribution in [0, 0.1) is 17.8 Å². The molecule has 3 heteroatoms. The minimum atomic E-state index is -0.304. The van der Waals surface area contributed by atoms with Crippen LogP contribution in [0.1, 0.15) is 40.0 Å². The van der Waals surface area contributed by atoms with E-state index in [1.165, 1.54) is 12.8 Å². The maximum Gasteiger partial charge on any atom is 0.173 e. The Morgan fingerprint density at radius 1 is 1.35 bits per heavy atom. The molecule has 0 amide bonds. The molecular weight excluding hydrogens is 216 g/mol. The summed E-state index contributed by atoms with van der Waals surface area (Å²) in [6.45, 7) is 8.36. The van der Waals surface area contributed by atoms with Crippen LogP contribution >= 0.6 is 0 Å². The molecule has 1 spiro atoms. The Balaban J connectivity index is 2.08. The lowest BCUT2D eigenvalue weighted by Crippen LogP contribution is -2.47. The molecule has 0 aromatic rings. The van der Waals surface area contributed by atoms with Gasteiger partial charge < -0.3 is 14.2 Å². The Hall–Kier alpha value is -0.120. The van der Waals surface area contributed by atoms with Crippen molar-refractivity contribution in [3.05, 3.63) is 0 Å². The Kier molecular flexibility index (Phi) is 4.11. The van der Waals surface area contributed by atoms with E-state index in [4.69, 9.17) is 9.47 Å². The molecule has 1 saturated heterocycles. The lowest BCUT2D eigenvalue weighted by Gasteiger charge is -2.44. The first-order valence-corrected chi connectivity index (χ1v) is 6.94. The van der Waals surface area contributed by atoms with Crippen LogP contribution in [-0.4, -0.2) is 37.0 Å². The minimum Gasteiger partial charge on any atom is -0.434 e. The van der Waals surface area contributed by atoms with Crippen molar-refractivity contribution >= 4 is 0 Å². The van der Waals surface area contributed by atoms with Gasteiger partial charge in [0.25, 0.3) is 0 Å². The second-order valence-electron chi connectivity index (χ2n) is 6.10. The van der Waals surface area contributed by atoms with Crippen molar-refractivity contribution in [3.63, 3.8) is 0 Å². The number of hydrogen-bond acceptors (Lipinski definition) is 2. The van der Waals surface area contributed by atoms with Crippen molar-refractivity contribution in [1.29, 1.82) is 0 Å². The molecule has 1 aliphatic heterocycles. The second kappa shape index (κ2) is 5.25. The lowest BCUT2D eigenvalue weighted by atomic mass is 9.73. The van der Waals surface area contributed by atoms with Crippen LogP contribution in [0.3, 0.4) is 0 Å². The lowest BCUT2D eigenvalue weighted by molar-refractivity contribution is -0.243. The summed E-state index contributed by atoms with van der Waals surface area (Å²) in [5.74, 6) is 1.57. The van der Waals surface area contributed by atoms with Gasteiger partial charge in [0.05, 0.1) is 6.61 Å². The van der Waals surface area contributed by atoms with E-state index >= 15 is 0 Å². The summed E-state index contributed by atoms with van der Waals surface area (Å²) in [5.41, 5.74) is 0. The number of hydrogen-bond donors (Lipinski definition) is 0. The summed E-state index contributed by atoms with van der Waals surface area (Å²) >= 11 is 0. The first kappa shape index (κ1) is 13.3. The van der Waals surface area contributed by atoms with Gasteiger partial charge in [-0.2, -0.15) is 0 Å². The maximum absolute atomic E-state index is 6.26. The highest BCUT2D eigenvalue weighted by atomic mass is 16.8. The monoisotopic (exact) mass is 243 g/mol. The molecule has 3 nitrogen and oxygen atoms in total. The Morgan fingerprint density at radius 2 is 2.12 bits per heavy atom. The van der Waals surface area contributed by atoms with Gasteiger partial charge in [-0.25, -0.2) is 0 Å². The topological polar surface area (TPSA) is 31.3 Å². The molecular formula is C14H27O3+. The Morgan fingerprint density at radius 3 is 2.76 bits per heavy atom. The molecule has 0 bridgehead atoms. The predicted molar refractivity (Wildman–Crippen MR) is 67.9 cm³/mol. The van der Waals surface area contributed by atoms with Crippen molar-refractivity contribution in [1.82, 2.24) is 0 Å². The quantitative estimate of drug-likeness (QED) is 0.712. The highest BCUT2D eigenvalue weighted by Gasteiger charge is 2.51. The predicted octanol–water partition coefficient (Wildman–Crippen LogP) is 2.35. The van der Waals surface area contributed by atoms with E-state index in [1.54, 1.807) is 0 Å². The standard InChI is InChI=1S/C14H26O3/c1-10(2)13-6-5-11(3)7-14(13)16-9-12(17-14)8-15-4/h10-13H,5-9H2,1-4H3/p+1/t11?,12?,13?,14-/m0/s1. The highest BCUT2D eigenvalue weighted by Crippen LogP contribution is 2.47. The smallest absolute Gasteiger partial charge is 0.173 e. The molecule has 2 aliphatic rings. The van der Waals surface area contributed by atoms with E-state index in [-0.39, 0.29) is 11.9 Å². The van der Waals surface area contributed by atoms with Gasteiger partial charge in [0.2, 0.25) is 0 Å². The second-order valence-corrected chi connectivity index (χ2v) is 6.10. The van der Waals surface area contributed by atoms with Crippen molar-refractivity contribution in [2.24, 2.45) is 17.8 Å². The highest BCUT2D eigenvalue weighted by molar-refractivity contribution is 4.92. The van der Waals surface area contributed by atoms with E-state index in [9.17, 15) is 0 Å². The third-order valence-corrected chi connectivity index (χ3v) is 4.24. The zero-order valence-electron chi connectivity index (χ0n) is 11.6. The van der Waals surface area contributed by atoms with Crippen LogP contribution in [0.25, 0.3) is 0 Å². The van der Waals surface area contributed by atoms with Crippen LogP contribution in [0.5, 0.6) is 0 Å². The summed E-state index contributed by atoms with van der Waals surface area (Å²) in [4.78, 5) is 0. The molecule has 1 aliphatic carbocycles. The molecule has 1 N–H and O–H groups in total. The summed E-state index contributed by atoms with van der Waals surface area (Å²) in [6, 6.07) is 0. The molecule has 0 aromatic carbocycles. The van der Waals surface area contributed by atoms with Gasteiger partial charge in [0, 0.05) is 12.3 Å². The molecule has 0 aromatic heterocycles. The largest absolute Gasteiger partial charge is 0.434 e. The van der Waals surface area contributed by atoms with Gasteiger partial charge in [-0.05, 0) is 18.3 Å². The SMILES string of the molecule is C[OH+]CC1CO[C@@]2(CC(C)CCC2C(C)C)O1. The van der Waals surface area contributed by atoms with Gasteiger partial charge in [0.1, 0.15) is 7.11 Å². The van der Waals surface area contributed by atoms with Crippen LogP contribution in [0.4, 0.5) is 0 Å². The fraction of sp³-hybridized carbons (Fsp3) is 1.00. The first-order valence-electron chi connectivity index (χ1n) is 6.94. The zero-order chi connectivity index (χ0) is 12.5. The van der Waals surface area contributed by atoms with E-state index in [1.807, 2.05) is 7.11 Å². The van der Waals surface area contributed by atoms with Gasteiger partial charge in [-0.1, -0.05) is 27.2 Å². The maximum atomic E-state index is 6.26. The third-order valence-electron chi connectivity index (χ3n) is 4.24. The summed E-state index contributed by atoms with van der Waals surface area (Å²) in [7, 11) is 1.85. The van der Waals surface area contributed by atoms with Gasteiger partial charge in [-0.15, -0.1) is 0 Å².